The molecule has 0 radical (unpaired) electrons. The number of esters is 1. The van der Waals surface area contributed by atoms with Crippen LogP contribution in [-0.2, 0) is 20.7 Å². The molecule has 25 heavy (non-hydrogen) atoms. The molecule has 1 aliphatic rings. The summed E-state index contributed by atoms with van der Waals surface area (Å²) in [4.78, 5) is 23.5. The predicted molar refractivity (Wildman–Crippen MR) is 106 cm³/mol. The largest absolute Gasteiger partial charge is 0.468 e. The van der Waals surface area contributed by atoms with Crippen molar-refractivity contribution in [1.29, 1.82) is 0 Å². The quantitative estimate of drug-likeness (QED) is 0.500. The molecule has 1 fully saturated rings. The van der Waals surface area contributed by atoms with Gasteiger partial charge in [0.05, 0.1) is 12.9 Å². The summed E-state index contributed by atoms with van der Waals surface area (Å²) in [5, 5.41) is 3.32. The van der Waals surface area contributed by atoms with Gasteiger partial charge in [-0.05, 0) is 37.0 Å². The summed E-state index contributed by atoms with van der Waals surface area (Å²) in [6, 6.07) is 8.35. The summed E-state index contributed by atoms with van der Waals surface area (Å²) in [5.74, 6) is 0.768. The third-order valence-electron chi connectivity index (χ3n) is 4.59. The van der Waals surface area contributed by atoms with Gasteiger partial charge in [0, 0.05) is 22.2 Å². The average Bonchev–Trinajstić information content (AvgIpc) is 2.61. The number of thioether (sulfide) groups is 1. The summed E-state index contributed by atoms with van der Waals surface area (Å²) in [5.41, 5.74) is 1.13. The van der Waals surface area contributed by atoms with Gasteiger partial charge in [-0.2, -0.15) is 0 Å². The lowest BCUT2D eigenvalue weighted by Gasteiger charge is -2.38. The maximum Gasteiger partial charge on any atom is 0.315 e. The third-order valence-corrected chi connectivity index (χ3v) is 6.05. The summed E-state index contributed by atoms with van der Waals surface area (Å²) in [7, 11) is 1.38. The second kappa shape index (κ2) is 10.2. The number of amides is 1. The predicted octanol–water partition coefficient (Wildman–Crippen LogP) is 4.11. The van der Waals surface area contributed by atoms with Crippen LogP contribution in [0.1, 0.15) is 44.1 Å². The van der Waals surface area contributed by atoms with Gasteiger partial charge in [-0.3, -0.25) is 9.59 Å². The number of benzene rings is 1. The fourth-order valence-corrected chi connectivity index (χ4v) is 4.33. The molecule has 0 aromatic heterocycles. The van der Waals surface area contributed by atoms with E-state index >= 15 is 0 Å². The van der Waals surface area contributed by atoms with Crippen molar-refractivity contribution in [3.05, 3.63) is 34.3 Å². The fraction of sp³-hybridized carbons (Fsp3) is 0.579. The van der Waals surface area contributed by atoms with Crippen molar-refractivity contribution in [1.82, 2.24) is 5.32 Å². The minimum Gasteiger partial charge on any atom is -0.468 e. The first-order valence-electron chi connectivity index (χ1n) is 8.73. The van der Waals surface area contributed by atoms with Crippen LogP contribution in [0, 0.1) is 0 Å². The molecule has 2 rings (SSSR count). The van der Waals surface area contributed by atoms with E-state index < -0.39 is 0 Å². The maximum absolute atomic E-state index is 12.4. The molecule has 1 N–H and O–H groups in total. The Morgan fingerprint density at radius 3 is 2.52 bits per heavy atom. The number of hydrogen-bond acceptors (Lipinski definition) is 4. The number of rotatable bonds is 8. The Kier molecular flexibility index (Phi) is 8.30. The van der Waals surface area contributed by atoms with E-state index in [2.05, 4.69) is 50.2 Å². The molecule has 138 valence electrons. The minimum absolute atomic E-state index is 0.0800. The van der Waals surface area contributed by atoms with Crippen LogP contribution in [0.5, 0.6) is 0 Å². The van der Waals surface area contributed by atoms with Crippen LogP contribution in [-0.4, -0.2) is 36.0 Å². The molecule has 0 spiro atoms. The zero-order chi connectivity index (χ0) is 18.1. The van der Waals surface area contributed by atoms with Gasteiger partial charge < -0.3 is 10.1 Å². The third kappa shape index (κ3) is 7.02. The van der Waals surface area contributed by atoms with Gasteiger partial charge in [-0.1, -0.05) is 47.3 Å². The van der Waals surface area contributed by atoms with E-state index in [1.165, 1.54) is 30.9 Å². The van der Waals surface area contributed by atoms with Crippen LogP contribution in [0.4, 0.5) is 0 Å². The molecular weight excluding hydrogens is 402 g/mol. The van der Waals surface area contributed by atoms with Crippen LogP contribution in [0.2, 0.25) is 0 Å². The Morgan fingerprint density at radius 2 is 1.88 bits per heavy atom. The highest BCUT2D eigenvalue weighted by molar-refractivity contribution is 9.10. The Morgan fingerprint density at radius 1 is 1.20 bits per heavy atom. The molecule has 1 aromatic rings. The van der Waals surface area contributed by atoms with Gasteiger partial charge in [-0.15, -0.1) is 11.8 Å². The molecular formula is C19H26BrNO3S. The zero-order valence-corrected chi connectivity index (χ0v) is 17.1. The number of ether oxygens (including phenoxy) is 1. The Hall–Kier alpha value is -1.01. The lowest BCUT2D eigenvalue weighted by Crippen LogP contribution is -2.51. The molecule has 1 saturated carbocycles. The van der Waals surface area contributed by atoms with Crippen molar-refractivity contribution in [2.75, 3.05) is 18.6 Å². The molecule has 0 bridgehead atoms. The van der Waals surface area contributed by atoms with Gasteiger partial charge in [0.1, 0.15) is 0 Å². The molecule has 0 aliphatic heterocycles. The number of halogens is 1. The van der Waals surface area contributed by atoms with Gasteiger partial charge in [0.2, 0.25) is 5.91 Å². The highest BCUT2D eigenvalue weighted by Crippen LogP contribution is 2.32. The molecule has 4 nitrogen and oxygen atoms in total. The van der Waals surface area contributed by atoms with Crippen molar-refractivity contribution >= 4 is 39.6 Å². The first kappa shape index (κ1) is 20.3. The van der Waals surface area contributed by atoms with Crippen molar-refractivity contribution in [3.8, 4) is 0 Å². The average molecular weight is 428 g/mol. The molecule has 0 unspecified atom stereocenters. The zero-order valence-electron chi connectivity index (χ0n) is 14.7. The monoisotopic (exact) mass is 427 g/mol. The number of hydrogen-bond donors (Lipinski definition) is 1. The lowest BCUT2D eigenvalue weighted by atomic mass is 9.77. The minimum atomic E-state index is -0.246. The Balaban J connectivity index is 1.89. The first-order chi connectivity index (χ1) is 12.0. The normalized spacial score (nSPS) is 16.2. The highest BCUT2D eigenvalue weighted by Gasteiger charge is 2.33. The SMILES string of the molecule is COC(=O)CSCCC(=O)NC1(Cc2ccc(Br)cc2)CCCCC1. The molecule has 0 saturated heterocycles. The molecule has 6 heteroatoms. The highest BCUT2D eigenvalue weighted by atomic mass is 79.9. The number of carbonyl (C=O) groups excluding carboxylic acids is 2. The molecule has 1 aliphatic carbocycles. The first-order valence-corrected chi connectivity index (χ1v) is 10.7. The van der Waals surface area contributed by atoms with Crippen molar-refractivity contribution < 1.29 is 14.3 Å². The number of carbonyl (C=O) groups is 2. The summed E-state index contributed by atoms with van der Waals surface area (Å²) < 4.78 is 5.68. The van der Waals surface area contributed by atoms with E-state index in [1.807, 2.05) is 0 Å². The van der Waals surface area contributed by atoms with Crippen molar-refractivity contribution in [2.24, 2.45) is 0 Å². The van der Waals surface area contributed by atoms with Crippen molar-refractivity contribution in [2.45, 2.75) is 50.5 Å². The number of methoxy groups -OCH3 is 1. The van der Waals surface area contributed by atoms with Gasteiger partial charge in [-0.25, -0.2) is 0 Å². The molecule has 1 amide bonds. The molecule has 1 aromatic carbocycles. The van der Waals surface area contributed by atoms with Crippen LogP contribution < -0.4 is 5.32 Å². The second-order valence-electron chi connectivity index (χ2n) is 6.57. The van der Waals surface area contributed by atoms with E-state index in [0.717, 1.165) is 36.6 Å². The molecule has 0 heterocycles. The molecule has 0 atom stereocenters. The van der Waals surface area contributed by atoms with E-state index in [0.29, 0.717) is 17.9 Å². The Labute approximate surface area is 162 Å². The second-order valence-corrected chi connectivity index (χ2v) is 8.59. The van der Waals surface area contributed by atoms with E-state index in [1.54, 1.807) is 0 Å². The van der Waals surface area contributed by atoms with Crippen LogP contribution in [0.15, 0.2) is 28.7 Å². The summed E-state index contributed by atoms with van der Waals surface area (Å²) in [6.07, 6.45) is 6.94. The Bertz CT molecular complexity index is 571. The summed E-state index contributed by atoms with van der Waals surface area (Å²) in [6.45, 7) is 0. The topological polar surface area (TPSA) is 55.4 Å². The van der Waals surface area contributed by atoms with E-state index in [4.69, 9.17) is 0 Å². The smallest absolute Gasteiger partial charge is 0.315 e. The van der Waals surface area contributed by atoms with Crippen molar-refractivity contribution in [3.63, 3.8) is 0 Å². The fourth-order valence-electron chi connectivity index (χ4n) is 3.31. The van der Waals surface area contributed by atoms with Crippen LogP contribution in [0.25, 0.3) is 0 Å². The maximum atomic E-state index is 12.4. The van der Waals surface area contributed by atoms with Gasteiger partial charge >= 0.3 is 5.97 Å². The standard InChI is InChI=1S/C19H26BrNO3S/c1-24-18(23)14-25-12-9-17(22)21-19(10-3-2-4-11-19)13-15-5-7-16(20)8-6-15/h5-8H,2-4,9-14H2,1H3,(H,21,22). The van der Waals surface area contributed by atoms with E-state index in [-0.39, 0.29) is 17.4 Å². The number of nitrogens with one attached hydrogen (secondary N) is 1. The van der Waals surface area contributed by atoms with Gasteiger partial charge in [0.25, 0.3) is 0 Å². The van der Waals surface area contributed by atoms with Crippen LogP contribution >= 0.6 is 27.7 Å². The summed E-state index contributed by atoms with van der Waals surface area (Å²) >= 11 is 4.91. The van der Waals surface area contributed by atoms with Crippen LogP contribution in [0.3, 0.4) is 0 Å². The van der Waals surface area contributed by atoms with Gasteiger partial charge in [0.15, 0.2) is 0 Å². The van der Waals surface area contributed by atoms with E-state index in [9.17, 15) is 9.59 Å². The lowest BCUT2D eigenvalue weighted by molar-refractivity contribution is -0.137.